The van der Waals surface area contributed by atoms with E-state index in [4.69, 9.17) is 4.42 Å². The molecule has 0 amide bonds. The summed E-state index contributed by atoms with van der Waals surface area (Å²) in [6.45, 7) is 7.58. The monoisotopic (exact) mass is 452 g/mol. The van der Waals surface area contributed by atoms with Crippen LogP contribution in [-0.4, -0.2) is 43.4 Å². The minimum atomic E-state index is -0.0957. The molecule has 0 atom stereocenters. The lowest BCUT2D eigenvalue weighted by atomic mass is 10.0. The van der Waals surface area contributed by atoms with Crippen molar-refractivity contribution in [2.45, 2.75) is 13.8 Å². The third-order valence-corrected chi connectivity index (χ3v) is 6.68. The number of hydrogen-bond donors (Lipinski definition) is 0. The van der Waals surface area contributed by atoms with Crippen LogP contribution in [0.4, 0.5) is 5.69 Å². The Balaban J connectivity index is 1.39. The van der Waals surface area contributed by atoms with Crippen LogP contribution in [0.5, 0.6) is 0 Å². The molecule has 0 unspecified atom stereocenters. The Morgan fingerprint density at radius 1 is 0.853 bits per heavy atom. The number of carbonyl (C=O) groups excluding carboxylic acids is 1. The fourth-order valence-electron chi connectivity index (χ4n) is 4.75. The Kier molecular flexibility index (Phi) is 6.03. The van der Waals surface area contributed by atoms with E-state index in [1.165, 1.54) is 11.3 Å². The summed E-state index contributed by atoms with van der Waals surface area (Å²) >= 11 is 0. The van der Waals surface area contributed by atoms with Crippen LogP contribution >= 0.6 is 0 Å². The molecule has 0 N–H and O–H groups in total. The molecule has 1 aromatic heterocycles. The van der Waals surface area contributed by atoms with Crippen molar-refractivity contribution in [3.05, 3.63) is 99.7 Å². The first-order chi connectivity index (χ1) is 16.5. The number of benzene rings is 3. The van der Waals surface area contributed by atoms with Gasteiger partial charge in [0, 0.05) is 43.0 Å². The van der Waals surface area contributed by atoms with Crippen molar-refractivity contribution in [3.8, 4) is 11.3 Å². The van der Waals surface area contributed by atoms with Gasteiger partial charge < -0.3 is 9.32 Å². The van der Waals surface area contributed by atoms with Gasteiger partial charge in [-0.05, 0) is 37.6 Å². The molecule has 172 valence electrons. The summed E-state index contributed by atoms with van der Waals surface area (Å²) in [5.74, 6) is 0.492. The molecule has 0 spiro atoms. The van der Waals surface area contributed by atoms with Gasteiger partial charge in [-0.2, -0.15) is 0 Å². The minimum absolute atomic E-state index is 0.0269. The fraction of sp³-hybridized carbons (Fsp3) is 0.241. The molecule has 0 radical (unpaired) electrons. The molecule has 5 rings (SSSR count). The maximum absolute atomic E-state index is 13.4. The SMILES string of the molecule is Cc1ccccc1N1CCN(CC(=O)c2cccc3c(=O)c(C)c(-c4ccccc4)oc23)CC1. The number of piperazine rings is 1. The molecular weight excluding hydrogens is 424 g/mol. The van der Waals surface area contributed by atoms with E-state index >= 15 is 0 Å². The molecule has 1 aliphatic rings. The number of aryl methyl sites for hydroxylation is 1. The lowest BCUT2D eigenvalue weighted by molar-refractivity contribution is 0.0927. The molecule has 5 nitrogen and oxygen atoms in total. The van der Waals surface area contributed by atoms with Crippen LogP contribution < -0.4 is 10.3 Å². The Morgan fingerprint density at radius 2 is 1.56 bits per heavy atom. The number of rotatable bonds is 5. The smallest absolute Gasteiger partial charge is 0.196 e. The number of hydrogen-bond acceptors (Lipinski definition) is 5. The Bertz CT molecular complexity index is 1400. The van der Waals surface area contributed by atoms with E-state index in [9.17, 15) is 9.59 Å². The molecule has 2 heterocycles. The second-order valence-corrected chi connectivity index (χ2v) is 8.91. The molecule has 34 heavy (non-hydrogen) atoms. The van der Waals surface area contributed by atoms with Crippen molar-refractivity contribution in [2.24, 2.45) is 0 Å². The number of anilines is 1. The van der Waals surface area contributed by atoms with Gasteiger partial charge in [0.25, 0.3) is 0 Å². The summed E-state index contributed by atoms with van der Waals surface area (Å²) < 4.78 is 6.24. The number of Topliss-reactive ketones (excluding diaryl/α,β-unsaturated/α-hetero) is 1. The first-order valence-corrected chi connectivity index (χ1v) is 11.7. The van der Waals surface area contributed by atoms with Crippen LogP contribution in [0.2, 0.25) is 0 Å². The topological polar surface area (TPSA) is 53.8 Å². The summed E-state index contributed by atoms with van der Waals surface area (Å²) in [6, 6.07) is 23.2. The van der Waals surface area contributed by atoms with Crippen molar-refractivity contribution in [2.75, 3.05) is 37.6 Å². The van der Waals surface area contributed by atoms with E-state index in [0.717, 1.165) is 31.7 Å². The Morgan fingerprint density at radius 3 is 2.29 bits per heavy atom. The quantitative estimate of drug-likeness (QED) is 0.395. The van der Waals surface area contributed by atoms with Crippen molar-refractivity contribution < 1.29 is 9.21 Å². The molecule has 5 heteroatoms. The molecule has 0 aliphatic carbocycles. The average Bonchev–Trinajstić information content (AvgIpc) is 2.87. The summed E-state index contributed by atoms with van der Waals surface area (Å²) in [5, 5.41) is 0.451. The largest absolute Gasteiger partial charge is 0.455 e. The fourth-order valence-corrected chi connectivity index (χ4v) is 4.75. The number of ketones is 1. The highest BCUT2D eigenvalue weighted by Gasteiger charge is 2.23. The Labute approximate surface area is 199 Å². The van der Waals surface area contributed by atoms with Crippen LogP contribution in [0, 0.1) is 13.8 Å². The maximum Gasteiger partial charge on any atom is 0.196 e. The molecule has 4 aromatic rings. The normalized spacial score (nSPS) is 14.5. The van der Waals surface area contributed by atoms with E-state index in [1.807, 2.05) is 30.3 Å². The van der Waals surface area contributed by atoms with Gasteiger partial charge in [0.2, 0.25) is 0 Å². The second-order valence-electron chi connectivity index (χ2n) is 8.91. The summed E-state index contributed by atoms with van der Waals surface area (Å²) in [6.07, 6.45) is 0. The van der Waals surface area contributed by atoms with Gasteiger partial charge in [-0.3, -0.25) is 14.5 Å². The highest BCUT2D eigenvalue weighted by Crippen LogP contribution is 2.28. The molecule has 1 fully saturated rings. The molecule has 3 aromatic carbocycles. The van der Waals surface area contributed by atoms with Crippen LogP contribution in [0.25, 0.3) is 22.3 Å². The predicted octanol–water partition coefficient (Wildman–Crippen LogP) is 5.08. The summed E-state index contributed by atoms with van der Waals surface area (Å²) in [7, 11) is 0. The highest BCUT2D eigenvalue weighted by molar-refractivity contribution is 6.07. The van der Waals surface area contributed by atoms with E-state index < -0.39 is 0 Å². The number of carbonyl (C=O) groups is 1. The standard InChI is InChI=1S/C29H28N2O3/c1-20-9-6-7-14-25(20)31-17-15-30(16-18-31)19-26(32)23-12-8-13-24-27(33)21(2)28(34-29(23)24)22-10-4-3-5-11-22/h3-14H,15-19H2,1-2H3. The average molecular weight is 453 g/mol. The third-order valence-electron chi connectivity index (χ3n) is 6.68. The summed E-state index contributed by atoms with van der Waals surface area (Å²) in [4.78, 5) is 31.0. The van der Waals surface area contributed by atoms with Gasteiger partial charge in [0.15, 0.2) is 11.2 Å². The van der Waals surface area contributed by atoms with E-state index in [-0.39, 0.29) is 11.2 Å². The van der Waals surface area contributed by atoms with Gasteiger partial charge in [-0.15, -0.1) is 0 Å². The van der Waals surface area contributed by atoms with E-state index in [1.54, 1.807) is 25.1 Å². The number of nitrogens with zero attached hydrogens (tertiary/aromatic N) is 2. The van der Waals surface area contributed by atoms with Crippen LogP contribution in [0.3, 0.4) is 0 Å². The lowest BCUT2D eigenvalue weighted by Gasteiger charge is -2.36. The van der Waals surface area contributed by atoms with Gasteiger partial charge in [-0.1, -0.05) is 54.6 Å². The van der Waals surface area contributed by atoms with Gasteiger partial charge >= 0.3 is 0 Å². The molecular formula is C29H28N2O3. The van der Waals surface area contributed by atoms with Crippen LogP contribution in [-0.2, 0) is 0 Å². The first-order valence-electron chi connectivity index (χ1n) is 11.7. The van der Waals surface area contributed by atoms with Gasteiger partial charge in [0.1, 0.15) is 11.3 Å². The highest BCUT2D eigenvalue weighted by atomic mass is 16.3. The van der Waals surface area contributed by atoms with Crippen molar-refractivity contribution >= 4 is 22.4 Å². The van der Waals surface area contributed by atoms with Gasteiger partial charge in [0.05, 0.1) is 17.5 Å². The van der Waals surface area contributed by atoms with Crippen molar-refractivity contribution in [3.63, 3.8) is 0 Å². The Hall–Kier alpha value is -3.70. The maximum atomic E-state index is 13.4. The molecule has 1 saturated heterocycles. The predicted molar refractivity (Wildman–Crippen MR) is 137 cm³/mol. The lowest BCUT2D eigenvalue weighted by Crippen LogP contribution is -2.48. The molecule has 0 bridgehead atoms. The zero-order valence-electron chi connectivity index (χ0n) is 19.6. The number of fused-ring (bicyclic) bond motifs is 1. The first kappa shape index (κ1) is 22.1. The van der Waals surface area contributed by atoms with Crippen molar-refractivity contribution in [1.82, 2.24) is 4.90 Å². The molecule has 1 aliphatic heterocycles. The molecule has 0 saturated carbocycles. The van der Waals surface area contributed by atoms with Crippen LogP contribution in [0.15, 0.2) is 82.0 Å². The minimum Gasteiger partial charge on any atom is -0.455 e. The second kappa shape index (κ2) is 9.27. The zero-order valence-corrected chi connectivity index (χ0v) is 19.6. The number of para-hydroxylation sites is 2. The van der Waals surface area contributed by atoms with Gasteiger partial charge in [-0.25, -0.2) is 0 Å². The van der Waals surface area contributed by atoms with E-state index in [2.05, 4.69) is 41.0 Å². The van der Waals surface area contributed by atoms with E-state index in [0.29, 0.717) is 34.4 Å². The zero-order chi connectivity index (χ0) is 23.7. The van der Waals surface area contributed by atoms with Crippen molar-refractivity contribution in [1.29, 1.82) is 0 Å². The summed E-state index contributed by atoms with van der Waals surface area (Å²) in [5.41, 5.74) is 4.65. The van der Waals surface area contributed by atoms with Crippen LogP contribution in [0.1, 0.15) is 21.5 Å². The third kappa shape index (κ3) is 4.15.